The van der Waals surface area contributed by atoms with E-state index in [1.165, 1.54) is 13.0 Å². The molecule has 2 N–H and O–H groups in total. The molecule has 1 aromatic carbocycles. The third-order valence-electron chi connectivity index (χ3n) is 2.54. The second-order valence-electron chi connectivity index (χ2n) is 3.96. The molecule has 0 aromatic heterocycles. The van der Waals surface area contributed by atoms with Crippen molar-refractivity contribution in [3.8, 4) is 0 Å². The van der Waals surface area contributed by atoms with Gasteiger partial charge in [-0.1, -0.05) is 22.9 Å². The van der Waals surface area contributed by atoms with Gasteiger partial charge in [-0.25, -0.2) is 4.79 Å². The molecule has 0 aliphatic rings. The Kier molecular flexibility index (Phi) is 5.15. The van der Waals surface area contributed by atoms with E-state index in [4.69, 9.17) is 5.11 Å². The molecule has 110 valence electrons. The summed E-state index contributed by atoms with van der Waals surface area (Å²) < 4.78 is 38.7. The standard InChI is InChI=1S/C12H11BrF3NO3/c1-2-9(11(19)20)17-10(18)7-4-3-6(13)5-8(7)12(14,15)16/h3-5,9H,2H2,1H3,(H,17,18)(H,19,20). The van der Waals surface area contributed by atoms with Gasteiger partial charge < -0.3 is 10.4 Å². The van der Waals surface area contributed by atoms with Crippen LogP contribution in [0, 0.1) is 0 Å². The monoisotopic (exact) mass is 353 g/mol. The molecule has 0 heterocycles. The molecule has 4 nitrogen and oxygen atoms in total. The van der Waals surface area contributed by atoms with Crippen molar-refractivity contribution >= 4 is 27.8 Å². The van der Waals surface area contributed by atoms with Crippen molar-refractivity contribution in [3.05, 3.63) is 33.8 Å². The summed E-state index contributed by atoms with van der Waals surface area (Å²) in [6, 6.07) is 1.83. The Labute approximate surface area is 121 Å². The number of rotatable bonds is 4. The lowest BCUT2D eigenvalue weighted by atomic mass is 10.1. The molecule has 1 amide bonds. The number of halogens is 4. The van der Waals surface area contributed by atoms with Crippen molar-refractivity contribution in [3.63, 3.8) is 0 Å². The summed E-state index contributed by atoms with van der Waals surface area (Å²) in [5.41, 5.74) is -1.73. The highest BCUT2D eigenvalue weighted by Gasteiger charge is 2.36. The minimum atomic E-state index is -4.71. The molecule has 0 bridgehead atoms. The number of nitrogens with one attached hydrogen (secondary N) is 1. The second-order valence-corrected chi connectivity index (χ2v) is 4.88. The van der Waals surface area contributed by atoms with Crippen LogP contribution in [0.15, 0.2) is 22.7 Å². The van der Waals surface area contributed by atoms with Crippen LogP contribution in [0.4, 0.5) is 13.2 Å². The number of hydrogen-bond donors (Lipinski definition) is 2. The van der Waals surface area contributed by atoms with Gasteiger partial charge in [0, 0.05) is 4.47 Å². The maximum absolute atomic E-state index is 12.8. The van der Waals surface area contributed by atoms with Crippen molar-refractivity contribution in [2.24, 2.45) is 0 Å². The van der Waals surface area contributed by atoms with Crippen molar-refractivity contribution in [2.75, 3.05) is 0 Å². The molecule has 0 radical (unpaired) electrons. The van der Waals surface area contributed by atoms with Gasteiger partial charge in [0.1, 0.15) is 6.04 Å². The van der Waals surface area contributed by atoms with E-state index in [-0.39, 0.29) is 10.9 Å². The SMILES string of the molecule is CCC(NC(=O)c1ccc(Br)cc1C(F)(F)F)C(=O)O. The van der Waals surface area contributed by atoms with Crippen LogP contribution in [0.5, 0.6) is 0 Å². The first-order valence-electron chi connectivity index (χ1n) is 5.57. The number of carboxylic acid groups (broad SMARTS) is 1. The number of carbonyl (C=O) groups is 2. The van der Waals surface area contributed by atoms with Gasteiger partial charge in [0.25, 0.3) is 5.91 Å². The van der Waals surface area contributed by atoms with E-state index < -0.39 is 35.2 Å². The average molecular weight is 354 g/mol. The Bertz CT molecular complexity index is 531. The summed E-state index contributed by atoms with van der Waals surface area (Å²) in [6.07, 6.45) is -4.64. The van der Waals surface area contributed by atoms with Crippen LogP contribution in [0.25, 0.3) is 0 Å². The van der Waals surface area contributed by atoms with Gasteiger partial charge in [-0.15, -0.1) is 0 Å². The molecular formula is C12H11BrF3NO3. The van der Waals surface area contributed by atoms with E-state index in [1.54, 1.807) is 0 Å². The lowest BCUT2D eigenvalue weighted by molar-refractivity contribution is -0.139. The second kappa shape index (κ2) is 6.25. The molecule has 1 atom stereocenters. The summed E-state index contributed by atoms with van der Waals surface area (Å²) in [5, 5.41) is 10.9. The fourth-order valence-corrected chi connectivity index (χ4v) is 1.88. The van der Waals surface area contributed by atoms with Gasteiger partial charge >= 0.3 is 12.1 Å². The van der Waals surface area contributed by atoms with Crippen LogP contribution < -0.4 is 5.32 Å². The lowest BCUT2D eigenvalue weighted by Crippen LogP contribution is -2.40. The summed E-state index contributed by atoms with van der Waals surface area (Å²) in [6.45, 7) is 1.51. The van der Waals surface area contributed by atoms with Crippen molar-refractivity contribution in [2.45, 2.75) is 25.6 Å². The number of carbonyl (C=O) groups excluding carboxylic acids is 1. The Hall–Kier alpha value is -1.57. The maximum Gasteiger partial charge on any atom is 0.417 e. The summed E-state index contributed by atoms with van der Waals surface area (Å²) >= 11 is 2.90. The van der Waals surface area contributed by atoms with E-state index in [0.29, 0.717) is 0 Å². The number of alkyl halides is 3. The van der Waals surface area contributed by atoms with Crippen molar-refractivity contribution in [1.29, 1.82) is 0 Å². The first-order chi connectivity index (χ1) is 9.16. The molecule has 8 heteroatoms. The van der Waals surface area contributed by atoms with Crippen LogP contribution in [0.3, 0.4) is 0 Å². The number of aliphatic carboxylic acids is 1. The summed E-state index contributed by atoms with van der Waals surface area (Å²) in [4.78, 5) is 22.6. The highest BCUT2D eigenvalue weighted by molar-refractivity contribution is 9.10. The molecule has 0 fully saturated rings. The predicted molar refractivity (Wildman–Crippen MR) is 68.3 cm³/mol. The van der Waals surface area contributed by atoms with Crippen LogP contribution in [0.2, 0.25) is 0 Å². The molecule has 0 spiro atoms. The minimum Gasteiger partial charge on any atom is -0.480 e. The quantitative estimate of drug-likeness (QED) is 0.874. The Balaban J connectivity index is 3.13. The van der Waals surface area contributed by atoms with Gasteiger partial charge in [0.15, 0.2) is 0 Å². The number of carboxylic acids is 1. The highest BCUT2D eigenvalue weighted by atomic mass is 79.9. The molecule has 1 aromatic rings. The number of amides is 1. The largest absolute Gasteiger partial charge is 0.480 e. The Morgan fingerprint density at radius 1 is 1.40 bits per heavy atom. The van der Waals surface area contributed by atoms with Crippen LogP contribution in [-0.4, -0.2) is 23.0 Å². The number of hydrogen-bond acceptors (Lipinski definition) is 2. The van der Waals surface area contributed by atoms with Crippen LogP contribution >= 0.6 is 15.9 Å². The van der Waals surface area contributed by atoms with Crippen LogP contribution in [0.1, 0.15) is 29.3 Å². The molecular weight excluding hydrogens is 343 g/mol. The fraction of sp³-hybridized carbons (Fsp3) is 0.333. The molecule has 0 aliphatic carbocycles. The van der Waals surface area contributed by atoms with E-state index in [0.717, 1.165) is 12.1 Å². The van der Waals surface area contributed by atoms with Gasteiger partial charge in [-0.2, -0.15) is 13.2 Å². The van der Waals surface area contributed by atoms with Gasteiger partial charge in [-0.3, -0.25) is 4.79 Å². The third kappa shape index (κ3) is 3.96. The summed E-state index contributed by atoms with van der Waals surface area (Å²) in [7, 11) is 0. The molecule has 0 saturated carbocycles. The van der Waals surface area contributed by atoms with E-state index in [9.17, 15) is 22.8 Å². The molecule has 0 aliphatic heterocycles. The zero-order chi connectivity index (χ0) is 15.5. The predicted octanol–water partition coefficient (Wildman–Crippen LogP) is 3.06. The number of benzene rings is 1. The Morgan fingerprint density at radius 2 is 2.00 bits per heavy atom. The summed E-state index contributed by atoms with van der Waals surface area (Å²) in [5.74, 6) is -2.37. The minimum absolute atomic E-state index is 0.0684. The molecule has 1 unspecified atom stereocenters. The van der Waals surface area contributed by atoms with Gasteiger partial charge in [0.2, 0.25) is 0 Å². The first-order valence-corrected chi connectivity index (χ1v) is 6.36. The molecule has 0 saturated heterocycles. The Morgan fingerprint density at radius 3 is 2.45 bits per heavy atom. The fourth-order valence-electron chi connectivity index (χ4n) is 1.52. The van der Waals surface area contributed by atoms with Crippen molar-refractivity contribution < 1.29 is 27.9 Å². The zero-order valence-corrected chi connectivity index (χ0v) is 11.9. The topological polar surface area (TPSA) is 66.4 Å². The zero-order valence-electron chi connectivity index (χ0n) is 10.3. The third-order valence-corrected chi connectivity index (χ3v) is 3.04. The maximum atomic E-state index is 12.8. The smallest absolute Gasteiger partial charge is 0.417 e. The molecule has 20 heavy (non-hydrogen) atoms. The molecule has 1 rings (SSSR count). The van der Waals surface area contributed by atoms with E-state index in [1.807, 2.05) is 0 Å². The lowest BCUT2D eigenvalue weighted by Gasteiger charge is -2.16. The average Bonchev–Trinajstić information content (AvgIpc) is 2.34. The van der Waals surface area contributed by atoms with Crippen molar-refractivity contribution in [1.82, 2.24) is 5.32 Å². The highest BCUT2D eigenvalue weighted by Crippen LogP contribution is 2.33. The first kappa shape index (κ1) is 16.5. The normalized spacial score (nSPS) is 12.8. The van der Waals surface area contributed by atoms with E-state index in [2.05, 4.69) is 21.2 Å². The van der Waals surface area contributed by atoms with Gasteiger partial charge in [-0.05, 0) is 24.6 Å². The van der Waals surface area contributed by atoms with Gasteiger partial charge in [0.05, 0.1) is 11.1 Å². The van der Waals surface area contributed by atoms with E-state index >= 15 is 0 Å². The van der Waals surface area contributed by atoms with Crippen LogP contribution in [-0.2, 0) is 11.0 Å².